The number of carbonyl (C=O) groups is 2. The van der Waals surface area contributed by atoms with E-state index in [2.05, 4.69) is 6.92 Å². The largest absolute Gasteiger partial charge is 0.303 e. The van der Waals surface area contributed by atoms with Crippen LogP contribution in [-0.2, 0) is 9.59 Å². The van der Waals surface area contributed by atoms with Crippen LogP contribution < -0.4 is 0 Å². The first-order chi connectivity index (χ1) is 12.7. The molecule has 2 aromatic carbocycles. The molecule has 2 rings (SSSR count). The number of aldehydes is 2. The van der Waals surface area contributed by atoms with E-state index in [1.54, 1.807) is 0 Å². The molecule has 0 aliphatic rings. The smallest absolute Gasteiger partial charge is 0.146 e. The molecule has 0 aliphatic carbocycles. The van der Waals surface area contributed by atoms with E-state index in [9.17, 15) is 9.59 Å². The molecule has 0 bridgehead atoms. The first-order valence-electron chi connectivity index (χ1n) is 9.42. The van der Waals surface area contributed by atoms with Gasteiger partial charge >= 0.3 is 0 Å². The quantitative estimate of drug-likeness (QED) is 0.305. The third-order valence-electron chi connectivity index (χ3n) is 4.15. The summed E-state index contributed by atoms with van der Waals surface area (Å²) in [5.41, 5.74) is 3.10. The van der Waals surface area contributed by atoms with Crippen molar-refractivity contribution in [3.63, 3.8) is 0 Å². The van der Waals surface area contributed by atoms with Gasteiger partial charge in [0.2, 0.25) is 0 Å². The molecule has 2 heteroatoms. The summed E-state index contributed by atoms with van der Waals surface area (Å²) in [6.45, 7) is 4.09. The molecule has 0 radical (unpaired) electrons. The van der Waals surface area contributed by atoms with Crippen LogP contribution in [0.3, 0.4) is 0 Å². The van der Waals surface area contributed by atoms with E-state index in [0.717, 1.165) is 42.1 Å². The van der Waals surface area contributed by atoms with Crippen molar-refractivity contribution in [2.45, 2.75) is 51.9 Å². The minimum absolute atomic E-state index is 0.0289. The lowest BCUT2D eigenvalue weighted by Gasteiger charge is -2.00. The SMILES string of the molecule is CC(C=O)c1ccccc1.CCCCCCC(C=O)=Cc1ccccc1. The summed E-state index contributed by atoms with van der Waals surface area (Å²) in [5.74, 6) is 0.0289. The zero-order valence-corrected chi connectivity index (χ0v) is 15.9. The molecule has 0 amide bonds. The van der Waals surface area contributed by atoms with Gasteiger partial charge in [0.1, 0.15) is 12.6 Å². The lowest BCUT2D eigenvalue weighted by Crippen LogP contribution is -1.92. The fourth-order valence-electron chi connectivity index (χ4n) is 2.52. The van der Waals surface area contributed by atoms with Crippen molar-refractivity contribution in [3.8, 4) is 0 Å². The molecule has 26 heavy (non-hydrogen) atoms. The van der Waals surface area contributed by atoms with Gasteiger partial charge in [0.15, 0.2) is 0 Å². The molecule has 0 aromatic heterocycles. The van der Waals surface area contributed by atoms with E-state index in [-0.39, 0.29) is 5.92 Å². The fourth-order valence-corrected chi connectivity index (χ4v) is 2.52. The van der Waals surface area contributed by atoms with E-state index in [1.807, 2.05) is 73.7 Å². The van der Waals surface area contributed by atoms with Gasteiger partial charge in [-0.05, 0) is 35.6 Å². The molecule has 0 spiro atoms. The number of benzene rings is 2. The molecule has 0 saturated carbocycles. The third kappa shape index (κ3) is 9.12. The average molecular weight is 351 g/mol. The van der Waals surface area contributed by atoms with Gasteiger partial charge in [-0.25, -0.2) is 0 Å². The molecule has 138 valence electrons. The highest BCUT2D eigenvalue weighted by Gasteiger charge is 1.99. The monoisotopic (exact) mass is 350 g/mol. The van der Waals surface area contributed by atoms with Crippen molar-refractivity contribution in [3.05, 3.63) is 77.4 Å². The van der Waals surface area contributed by atoms with Crippen molar-refractivity contribution in [2.24, 2.45) is 0 Å². The van der Waals surface area contributed by atoms with Crippen LogP contribution in [0.2, 0.25) is 0 Å². The first-order valence-corrected chi connectivity index (χ1v) is 9.42. The second-order valence-corrected chi connectivity index (χ2v) is 6.39. The molecule has 2 aromatic rings. The van der Waals surface area contributed by atoms with Crippen molar-refractivity contribution in [1.29, 1.82) is 0 Å². The summed E-state index contributed by atoms with van der Waals surface area (Å²) in [5, 5.41) is 0. The standard InChI is InChI=1S/C15H20O.C9H10O/c1-2-3-4-6-11-15(13-16)12-14-9-7-5-8-10-14;1-8(7-10)9-5-3-2-4-6-9/h5,7-10,12-13H,2-4,6,11H2,1H3;2-8H,1H3. The second kappa shape index (κ2) is 13.8. The van der Waals surface area contributed by atoms with Crippen LogP contribution in [0, 0.1) is 0 Å². The maximum absolute atomic E-state index is 10.9. The minimum Gasteiger partial charge on any atom is -0.303 e. The number of hydrogen-bond donors (Lipinski definition) is 0. The zero-order valence-electron chi connectivity index (χ0n) is 15.9. The predicted octanol–water partition coefficient (Wildman–Crippen LogP) is 6.23. The number of unbranched alkanes of at least 4 members (excludes halogenated alkanes) is 3. The van der Waals surface area contributed by atoms with E-state index in [4.69, 9.17) is 0 Å². The lowest BCUT2D eigenvalue weighted by atomic mass is 10.0. The van der Waals surface area contributed by atoms with Crippen LogP contribution in [-0.4, -0.2) is 12.6 Å². The van der Waals surface area contributed by atoms with Crippen LogP contribution in [0.4, 0.5) is 0 Å². The Kier molecular flexibility index (Phi) is 11.4. The highest BCUT2D eigenvalue weighted by atomic mass is 16.1. The highest BCUT2D eigenvalue weighted by Crippen LogP contribution is 2.12. The molecule has 0 N–H and O–H groups in total. The summed E-state index contributed by atoms with van der Waals surface area (Å²) in [7, 11) is 0. The Morgan fingerprint density at radius 1 is 0.885 bits per heavy atom. The van der Waals surface area contributed by atoms with Gasteiger partial charge < -0.3 is 4.79 Å². The molecule has 0 aliphatic heterocycles. The third-order valence-corrected chi connectivity index (χ3v) is 4.15. The summed E-state index contributed by atoms with van der Waals surface area (Å²) in [4.78, 5) is 21.2. The Morgan fingerprint density at radius 3 is 2.04 bits per heavy atom. The van der Waals surface area contributed by atoms with Crippen LogP contribution in [0.15, 0.2) is 66.2 Å². The van der Waals surface area contributed by atoms with Crippen molar-refractivity contribution >= 4 is 18.6 Å². The van der Waals surface area contributed by atoms with Crippen molar-refractivity contribution < 1.29 is 9.59 Å². The number of carbonyl (C=O) groups excluding carboxylic acids is 2. The van der Waals surface area contributed by atoms with Crippen molar-refractivity contribution in [1.82, 2.24) is 0 Å². The molecule has 0 heterocycles. The van der Waals surface area contributed by atoms with E-state index in [1.165, 1.54) is 19.3 Å². The molecule has 0 saturated heterocycles. The normalized spacial score (nSPS) is 11.8. The summed E-state index contributed by atoms with van der Waals surface area (Å²) >= 11 is 0. The zero-order chi connectivity index (χ0) is 19.0. The maximum Gasteiger partial charge on any atom is 0.146 e. The van der Waals surface area contributed by atoms with E-state index in [0.29, 0.717) is 0 Å². The van der Waals surface area contributed by atoms with Gasteiger partial charge in [-0.15, -0.1) is 0 Å². The summed E-state index contributed by atoms with van der Waals surface area (Å²) in [6.07, 6.45) is 9.66. The van der Waals surface area contributed by atoms with E-state index >= 15 is 0 Å². The minimum atomic E-state index is 0.0289. The average Bonchev–Trinajstić information content (AvgIpc) is 2.71. The maximum atomic E-state index is 10.9. The van der Waals surface area contributed by atoms with Crippen LogP contribution >= 0.6 is 0 Å². The Bertz CT molecular complexity index is 644. The Balaban J connectivity index is 0.000000289. The molecule has 1 unspecified atom stereocenters. The van der Waals surface area contributed by atoms with Gasteiger partial charge in [0, 0.05) is 5.92 Å². The van der Waals surface area contributed by atoms with Crippen LogP contribution in [0.1, 0.15) is 63.0 Å². The highest BCUT2D eigenvalue weighted by molar-refractivity contribution is 5.81. The lowest BCUT2D eigenvalue weighted by molar-refractivity contribution is -0.108. The summed E-state index contributed by atoms with van der Waals surface area (Å²) < 4.78 is 0. The van der Waals surface area contributed by atoms with Gasteiger partial charge in [0.05, 0.1) is 0 Å². The molecule has 1 atom stereocenters. The van der Waals surface area contributed by atoms with Crippen LogP contribution in [0.25, 0.3) is 6.08 Å². The van der Waals surface area contributed by atoms with E-state index < -0.39 is 0 Å². The Morgan fingerprint density at radius 2 is 1.50 bits per heavy atom. The number of allylic oxidation sites excluding steroid dienone is 1. The van der Waals surface area contributed by atoms with Gasteiger partial charge in [0.25, 0.3) is 0 Å². The summed E-state index contributed by atoms with van der Waals surface area (Å²) in [6, 6.07) is 19.8. The molecular weight excluding hydrogens is 320 g/mol. The molecule has 2 nitrogen and oxygen atoms in total. The Labute approximate surface area is 158 Å². The van der Waals surface area contributed by atoms with Crippen molar-refractivity contribution in [2.75, 3.05) is 0 Å². The number of hydrogen-bond acceptors (Lipinski definition) is 2. The predicted molar refractivity (Wildman–Crippen MR) is 110 cm³/mol. The molecular formula is C24H30O2. The Hall–Kier alpha value is -2.48. The van der Waals surface area contributed by atoms with Crippen LogP contribution in [0.5, 0.6) is 0 Å². The van der Waals surface area contributed by atoms with Gasteiger partial charge in [-0.3, -0.25) is 4.79 Å². The number of rotatable bonds is 9. The molecule has 0 fully saturated rings. The first kappa shape index (κ1) is 21.6. The second-order valence-electron chi connectivity index (χ2n) is 6.39. The van der Waals surface area contributed by atoms with Gasteiger partial charge in [-0.2, -0.15) is 0 Å². The fraction of sp³-hybridized carbons (Fsp3) is 0.333. The topological polar surface area (TPSA) is 34.1 Å². The van der Waals surface area contributed by atoms with Gasteiger partial charge in [-0.1, -0.05) is 93.8 Å².